The van der Waals surface area contributed by atoms with Gasteiger partial charge in [0.25, 0.3) is 0 Å². The van der Waals surface area contributed by atoms with Gasteiger partial charge < -0.3 is 10.3 Å². The van der Waals surface area contributed by atoms with E-state index in [1.54, 1.807) is 10.9 Å². The molecule has 2 heterocycles. The summed E-state index contributed by atoms with van der Waals surface area (Å²) in [4.78, 5) is 21.4. The summed E-state index contributed by atoms with van der Waals surface area (Å²) < 4.78 is 1.81. The summed E-state index contributed by atoms with van der Waals surface area (Å²) in [5.74, 6) is 0.263. The highest BCUT2D eigenvalue weighted by atomic mass is 16.1. The van der Waals surface area contributed by atoms with Gasteiger partial charge in [-0.25, -0.2) is 9.78 Å². The first-order valence-corrected chi connectivity index (χ1v) is 4.32. The third-order valence-electron chi connectivity index (χ3n) is 2.03. The number of nitrogens with one attached hydrogen (secondary N) is 1. The molecular weight excluding hydrogens is 182 g/mol. The van der Waals surface area contributed by atoms with Crippen LogP contribution in [0.25, 0.3) is 11.2 Å². The standard InChI is InChI=1S/C8H11N5O/c1-4(2)13-3-10-5-6(9)11-8(14)12-7(5)13/h3-4H,1-2H3,(H3,9,11,12,14). The van der Waals surface area contributed by atoms with Crippen LogP contribution in [-0.4, -0.2) is 19.5 Å². The van der Waals surface area contributed by atoms with E-state index in [1.165, 1.54) is 0 Å². The number of hydrogen-bond acceptors (Lipinski definition) is 4. The first-order chi connectivity index (χ1) is 6.59. The molecule has 0 aliphatic heterocycles. The number of rotatable bonds is 1. The molecule has 2 aromatic rings. The molecule has 0 aliphatic carbocycles. The second-order valence-electron chi connectivity index (χ2n) is 3.37. The van der Waals surface area contributed by atoms with Crippen LogP contribution >= 0.6 is 0 Å². The van der Waals surface area contributed by atoms with Crippen LogP contribution in [0.1, 0.15) is 19.9 Å². The van der Waals surface area contributed by atoms with Crippen molar-refractivity contribution >= 4 is 17.0 Å². The highest BCUT2D eigenvalue weighted by Crippen LogP contribution is 2.16. The van der Waals surface area contributed by atoms with Gasteiger partial charge in [0.15, 0.2) is 5.65 Å². The predicted molar refractivity (Wildman–Crippen MR) is 52.9 cm³/mol. The van der Waals surface area contributed by atoms with Crippen molar-refractivity contribution in [2.24, 2.45) is 0 Å². The molecule has 0 fully saturated rings. The predicted octanol–water partition coefficient (Wildman–Crippen LogP) is 0.283. The van der Waals surface area contributed by atoms with Gasteiger partial charge in [-0.3, -0.25) is 4.98 Å². The molecule has 0 bridgehead atoms. The fourth-order valence-corrected chi connectivity index (χ4v) is 1.33. The maximum absolute atomic E-state index is 11.1. The van der Waals surface area contributed by atoms with Crippen LogP contribution < -0.4 is 11.4 Å². The van der Waals surface area contributed by atoms with Crippen molar-refractivity contribution in [2.45, 2.75) is 19.9 Å². The van der Waals surface area contributed by atoms with Gasteiger partial charge in [0, 0.05) is 6.04 Å². The summed E-state index contributed by atoms with van der Waals surface area (Å²) in [6.07, 6.45) is 1.63. The molecule has 6 heteroatoms. The largest absolute Gasteiger partial charge is 0.383 e. The van der Waals surface area contributed by atoms with Crippen molar-refractivity contribution in [2.75, 3.05) is 5.73 Å². The molecule has 6 nitrogen and oxygen atoms in total. The summed E-state index contributed by atoms with van der Waals surface area (Å²) in [6.45, 7) is 3.97. The second-order valence-corrected chi connectivity index (χ2v) is 3.37. The topological polar surface area (TPSA) is 89.6 Å². The molecule has 0 unspecified atom stereocenters. The van der Waals surface area contributed by atoms with E-state index in [-0.39, 0.29) is 11.9 Å². The minimum absolute atomic E-state index is 0.202. The van der Waals surface area contributed by atoms with Crippen LogP contribution in [0.5, 0.6) is 0 Å². The second kappa shape index (κ2) is 2.83. The van der Waals surface area contributed by atoms with Crippen LogP contribution in [0, 0.1) is 0 Å². The quantitative estimate of drug-likeness (QED) is 0.680. The maximum atomic E-state index is 11.1. The van der Waals surface area contributed by atoms with Crippen LogP contribution in [0.2, 0.25) is 0 Å². The fourth-order valence-electron chi connectivity index (χ4n) is 1.33. The van der Waals surface area contributed by atoms with Gasteiger partial charge in [-0.1, -0.05) is 0 Å². The smallest absolute Gasteiger partial charge is 0.348 e. The van der Waals surface area contributed by atoms with Crippen LogP contribution in [0.15, 0.2) is 11.1 Å². The average Bonchev–Trinajstić information content (AvgIpc) is 2.47. The molecule has 2 aromatic heterocycles. The molecule has 2 rings (SSSR count). The molecule has 0 amide bonds. The number of aromatic amines is 1. The molecule has 0 aromatic carbocycles. The third kappa shape index (κ3) is 1.15. The molecule has 74 valence electrons. The first-order valence-electron chi connectivity index (χ1n) is 4.32. The number of nitrogens with two attached hydrogens (primary N) is 1. The van der Waals surface area contributed by atoms with Crippen molar-refractivity contribution in [3.05, 3.63) is 16.8 Å². The van der Waals surface area contributed by atoms with Gasteiger partial charge in [0.2, 0.25) is 0 Å². The summed E-state index contributed by atoms with van der Waals surface area (Å²) in [5, 5.41) is 0. The van der Waals surface area contributed by atoms with E-state index in [9.17, 15) is 4.79 Å². The number of nitrogens with zero attached hydrogens (tertiary/aromatic N) is 3. The van der Waals surface area contributed by atoms with E-state index >= 15 is 0 Å². The van der Waals surface area contributed by atoms with E-state index in [2.05, 4.69) is 15.0 Å². The summed E-state index contributed by atoms with van der Waals surface area (Å²) in [7, 11) is 0. The van der Waals surface area contributed by atoms with Gasteiger partial charge >= 0.3 is 5.69 Å². The molecular formula is C8H11N5O. The molecule has 0 saturated carbocycles. The van der Waals surface area contributed by atoms with Gasteiger partial charge in [-0.2, -0.15) is 4.98 Å². The Labute approximate surface area is 79.8 Å². The minimum atomic E-state index is -0.447. The molecule has 14 heavy (non-hydrogen) atoms. The normalized spacial score (nSPS) is 11.4. The first kappa shape index (κ1) is 8.74. The van der Waals surface area contributed by atoms with Crippen molar-refractivity contribution in [3.63, 3.8) is 0 Å². The Hall–Kier alpha value is -1.85. The van der Waals surface area contributed by atoms with E-state index in [0.29, 0.717) is 11.2 Å². The minimum Gasteiger partial charge on any atom is -0.383 e. The number of H-pyrrole nitrogens is 1. The monoisotopic (exact) mass is 193 g/mol. The highest BCUT2D eigenvalue weighted by Gasteiger charge is 2.10. The zero-order chi connectivity index (χ0) is 10.3. The Morgan fingerprint density at radius 3 is 2.93 bits per heavy atom. The zero-order valence-electron chi connectivity index (χ0n) is 7.98. The Morgan fingerprint density at radius 2 is 2.29 bits per heavy atom. The van der Waals surface area contributed by atoms with E-state index < -0.39 is 5.69 Å². The van der Waals surface area contributed by atoms with Crippen molar-refractivity contribution < 1.29 is 0 Å². The SMILES string of the molecule is CC(C)n1cnc2c(N)[nH]c(=O)nc21. The Morgan fingerprint density at radius 1 is 1.57 bits per heavy atom. The Bertz CT molecular complexity index is 524. The molecule has 0 atom stereocenters. The van der Waals surface area contributed by atoms with Crippen molar-refractivity contribution in [3.8, 4) is 0 Å². The number of aromatic nitrogens is 4. The van der Waals surface area contributed by atoms with Gasteiger partial charge in [-0.05, 0) is 13.8 Å². The number of nitrogen functional groups attached to an aromatic ring is 1. The van der Waals surface area contributed by atoms with Crippen molar-refractivity contribution in [1.29, 1.82) is 0 Å². The van der Waals surface area contributed by atoms with Gasteiger partial charge in [-0.15, -0.1) is 0 Å². The van der Waals surface area contributed by atoms with Crippen LogP contribution in [0.3, 0.4) is 0 Å². The molecule has 3 N–H and O–H groups in total. The average molecular weight is 193 g/mol. The van der Waals surface area contributed by atoms with E-state index in [1.807, 2.05) is 13.8 Å². The summed E-state index contributed by atoms with van der Waals surface area (Å²) in [5.41, 5.74) is 6.22. The van der Waals surface area contributed by atoms with Crippen molar-refractivity contribution in [1.82, 2.24) is 19.5 Å². The lowest BCUT2D eigenvalue weighted by molar-refractivity contribution is 0.612. The van der Waals surface area contributed by atoms with Gasteiger partial charge in [0.05, 0.1) is 6.33 Å². The number of anilines is 1. The zero-order valence-corrected chi connectivity index (χ0v) is 7.98. The lowest BCUT2D eigenvalue weighted by Crippen LogP contribution is -2.14. The number of hydrogen-bond donors (Lipinski definition) is 2. The maximum Gasteiger partial charge on any atom is 0.348 e. The lowest BCUT2D eigenvalue weighted by Gasteiger charge is -2.06. The van der Waals surface area contributed by atoms with Crippen LogP contribution in [-0.2, 0) is 0 Å². The lowest BCUT2D eigenvalue weighted by atomic mass is 10.4. The number of imidazole rings is 1. The number of fused-ring (bicyclic) bond motifs is 1. The fraction of sp³-hybridized carbons (Fsp3) is 0.375. The van der Waals surface area contributed by atoms with E-state index in [4.69, 9.17) is 5.73 Å². The molecule has 0 spiro atoms. The highest BCUT2D eigenvalue weighted by molar-refractivity contribution is 5.81. The molecule has 0 aliphatic rings. The molecule has 0 saturated heterocycles. The Kier molecular flexibility index (Phi) is 1.77. The summed E-state index contributed by atoms with van der Waals surface area (Å²) >= 11 is 0. The van der Waals surface area contributed by atoms with Crippen LogP contribution in [0.4, 0.5) is 5.82 Å². The third-order valence-corrected chi connectivity index (χ3v) is 2.03. The molecule has 0 radical (unpaired) electrons. The van der Waals surface area contributed by atoms with E-state index in [0.717, 1.165) is 0 Å². The van der Waals surface area contributed by atoms with Gasteiger partial charge in [0.1, 0.15) is 11.3 Å². The summed E-state index contributed by atoms with van der Waals surface area (Å²) in [6, 6.07) is 0.202. The Balaban J connectivity index is 2.85.